The number of benzene rings is 1. The maximum absolute atomic E-state index is 11.2. The largest absolute Gasteiger partial charge is 0.465 e. The second kappa shape index (κ2) is 3.97. The molecule has 5 heteroatoms. The first-order chi connectivity index (χ1) is 7.52. The summed E-state index contributed by atoms with van der Waals surface area (Å²) in [6.45, 7) is 1.91. The summed E-state index contributed by atoms with van der Waals surface area (Å²) in [5.74, 6) is 0. The molecule has 0 spiro atoms. The molecule has 1 atom stereocenters. The first-order valence-corrected chi connectivity index (χ1v) is 5.90. The molecule has 1 heterocycles. The molecule has 1 aliphatic rings. The highest BCUT2D eigenvalue weighted by Gasteiger charge is 2.29. The van der Waals surface area contributed by atoms with E-state index in [1.54, 1.807) is 12.1 Å². The van der Waals surface area contributed by atoms with Crippen LogP contribution in [0.3, 0.4) is 0 Å². The van der Waals surface area contributed by atoms with Gasteiger partial charge in [0.1, 0.15) is 0 Å². The topological polar surface area (TPSA) is 66.6 Å². The smallest absolute Gasteiger partial charge is 0.412 e. The molecule has 0 bridgehead atoms. The van der Waals surface area contributed by atoms with Crippen molar-refractivity contribution in [2.75, 3.05) is 10.6 Å². The third-order valence-corrected chi connectivity index (χ3v) is 3.69. The number of carboxylic acid groups (broad SMARTS) is 1. The lowest BCUT2D eigenvalue weighted by Gasteiger charge is -2.33. The van der Waals surface area contributed by atoms with Gasteiger partial charge in [0.05, 0.1) is 11.4 Å². The summed E-state index contributed by atoms with van der Waals surface area (Å²) in [6.07, 6.45) is 0.709. The third-order valence-electron chi connectivity index (χ3n) is 3.00. The number of nitrogens with two attached hydrogens (primary N) is 1. The van der Waals surface area contributed by atoms with Gasteiger partial charge in [0, 0.05) is 16.1 Å². The van der Waals surface area contributed by atoms with Crippen LogP contribution in [0.4, 0.5) is 16.2 Å². The van der Waals surface area contributed by atoms with Crippen LogP contribution in [0.5, 0.6) is 0 Å². The number of rotatable bonds is 0. The van der Waals surface area contributed by atoms with Crippen LogP contribution in [0.15, 0.2) is 16.6 Å². The fraction of sp³-hybridized carbons (Fsp3) is 0.364. The molecule has 0 aromatic heterocycles. The monoisotopic (exact) mass is 284 g/mol. The van der Waals surface area contributed by atoms with Crippen molar-refractivity contribution in [1.29, 1.82) is 0 Å². The second-order valence-electron chi connectivity index (χ2n) is 4.00. The van der Waals surface area contributed by atoms with Crippen LogP contribution in [0.2, 0.25) is 0 Å². The maximum Gasteiger partial charge on any atom is 0.412 e. The minimum Gasteiger partial charge on any atom is -0.465 e. The van der Waals surface area contributed by atoms with Crippen LogP contribution < -0.4 is 10.6 Å². The predicted molar refractivity (Wildman–Crippen MR) is 66.8 cm³/mol. The molecule has 2 rings (SSSR count). The van der Waals surface area contributed by atoms with E-state index in [-0.39, 0.29) is 6.04 Å². The molecule has 16 heavy (non-hydrogen) atoms. The zero-order valence-electron chi connectivity index (χ0n) is 8.90. The van der Waals surface area contributed by atoms with Crippen molar-refractivity contribution < 1.29 is 9.90 Å². The summed E-state index contributed by atoms with van der Waals surface area (Å²) >= 11 is 3.36. The predicted octanol–water partition coefficient (Wildman–Crippen LogP) is 2.85. The number of hydrogen-bond acceptors (Lipinski definition) is 2. The summed E-state index contributed by atoms with van der Waals surface area (Å²) in [5, 5.41) is 9.19. The van der Waals surface area contributed by atoms with Crippen molar-refractivity contribution in [3.8, 4) is 0 Å². The average molecular weight is 285 g/mol. The maximum atomic E-state index is 11.2. The van der Waals surface area contributed by atoms with Gasteiger partial charge in [-0.1, -0.05) is 0 Å². The lowest BCUT2D eigenvalue weighted by Crippen LogP contribution is -2.41. The van der Waals surface area contributed by atoms with Crippen molar-refractivity contribution in [3.05, 3.63) is 22.2 Å². The van der Waals surface area contributed by atoms with E-state index in [1.165, 1.54) is 4.90 Å². The molecule has 4 nitrogen and oxygen atoms in total. The highest BCUT2D eigenvalue weighted by molar-refractivity contribution is 9.10. The Balaban J connectivity index is 2.57. The van der Waals surface area contributed by atoms with Crippen molar-refractivity contribution in [1.82, 2.24) is 0 Å². The summed E-state index contributed by atoms with van der Waals surface area (Å²) in [6, 6.07) is 3.60. The van der Waals surface area contributed by atoms with E-state index in [0.717, 1.165) is 22.9 Å². The Morgan fingerprint density at radius 2 is 2.31 bits per heavy atom. The average Bonchev–Trinajstić information content (AvgIpc) is 2.22. The molecule has 3 N–H and O–H groups in total. The zero-order valence-corrected chi connectivity index (χ0v) is 10.5. The van der Waals surface area contributed by atoms with Crippen molar-refractivity contribution in [2.24, 2.45) is 0 Å². The van der Waals surface area contributed by atoms with Gasteiger partial charge >= 0.3 is 6.09 Å². The van der Waals surface area contributed by atoms with Crippen LogP contribution in [0.1, 0.15) is 18.9 Å². The number of carbonyl (C=O) groups is 1. The SMILES string of the molecule is C[C@H]1CCc2c(ccc(Br)c2N)N1C(=O)O. The molecular weight excluding hydrogens is 272 g/mol. The number of halogens is 1. The lowest BCUT2D eigenvalue weighted by molar-refractivity contribution is 0.198. The van der Waals surface area contributed by atoms with E-state index in [4.69, 9.17) is 5.73 Å². The van der Waals surface area contributed by atoms with Gasteiger partial charge in [-0.15, -0.1) is 0 Å². The molecule has 1 aliphatic heterocycles. The molecule has 0 fully saturated rings. The molecule has 1 aromatic rings. The summed E-state index contributed by atoms with van der Waals surface area (Å²) in [7, 11) is 0. The van der Waals surface area contributed by atoms with E-state index in [9.17, 15) is 9.90 Å². The summed E-state index contributed by atoms with van der Waals surface area (Å²) in [4.78, 5) is 12.6. The standard InChI is InChI=1S/C11H13BrN2O2/c1-6-2-3-7-9(14(6)11(15)16)5-4-8(12)10(7)13/h4-6H,2-3,13H2,1H3,(H,15,16)/t6-/m0/s1. The van der Waals surface area contributed by atoms with Crippen LogP contribution in [0, 0.1) is 0 Å². The zero-order chi connectivity index (χ0) is 11.9. The molecular formula is C11H13BrN2O2. The minimum atomic E-state index is -0.921. The van der Waals surface area contributed by atoms with Gasteiger partial charge in [-0.2, -0.15) is 0 Å². The Morgan fingerprint density at radius 1 is 1.62 bits per heavy atom. The van der Waals surface area contributed by atoms with Gasteiger partial charge in [0.15, 0.2) is 0 Å². The van der Waals surface area contributed by atoms with Crippen LogP contribution in [-0.2, 0) is 6.42 Å². The molecule has 86 valence electrons. The molecule has 0 radical (unpaired) electrons. The highest BCUT2D eigenvalue weighted by Crippen LogP contribution is 2.37. The van der Waals surface area contributed by atoms with Gasteiger partial charge in [-0.3, -0.25) is 4.90 Å². The Kier molecular flexibility index (Phi) is 2.80. The van der Waals surface area contributed by atoms with Gasteiger partial charge in [-0.05, 0) is 47.8 Å². The Hall–Kier alpha value is -1.23. The fourth-order valence-electron chi connectivity index (χ4n) is 2.12. The molecule has 1 aromatic carbocycles. The minimum absolute atomic E-state index is 0.00516. The van der Waals surface area contributed by atoms with E-state index < -0.39 is 6.09 Å². The highest BCUT2D eigenvalue weighted by atomic mass is 79.9. The molecule has 0 unspecified atom stereocenters. The van der Waals surface area contributed by atoms with Crippen molar-refractivity contribution in [3.63, 3.8) is 0 Å². The first-order valence-electron chi connectivity index (χ1n) is 5.11. The van der Waals surface area contributed by atoms with Crippen LogP contribution >= 0.6 is 15.9 Å². The molecule has 0 saturated carbocycles. The summed E-state index contributed by atoms with van der Waals surface area (Å²) in [5.41, 5.74) is 8.23. The fourth-order valence-corrected chi connectivity index (χ4v) is 2.50. The normalized spacial score (nSPS) is 19.4. The lowest BCUT2D eigenvalue weighted by atomic mass is 9.96. The number of fused-ring (bicyclic) bond motifs is 1. The third kappa shape index (κ3) is 1.65. The van der Waals surface area contributed by atoms with Gasteiger partial charge in [-0.25, -0.2) is 4.79 Å². The quantitative estimate of drug-likeness (QED) is 0.720. The van der Waals surface area contributed by atoms with Crippen LogP contribution in [-0.4, -0.2) is 17.2 Å². The van der Waals surface area contributed by atoms with E-state index in [0.29, 0.717) is 11.4 Å². The number of anilines is 2. The van der Waals surface area contributed by atoms with Gasteiger partial charge in [0.25, 0.3) is 0 Å². The van der Waals surface area contributed by atoms with Crippen molar-refractivity contribution >= 4 is 33.4 Å². The van der Waals surface area contributed by atoms with E-state index in [1.807, 2.05) is 6.92 Å². The number of amides is 1. The molecule has 0 aliphatic carbocycles. The van der Waals surface area contributed by atoms with Gasteiger partial charge < -0.3 is 10.8 Å². The summed E-state index contributed by atoms with van der Waals surface area (Å²) < 4.78 is 0.825. The van der Waals surface area contributed by atoms with Crippen molar-refractivity contribution in [2.45, 2.75) is 25.8 Å². The van der Waals surface area contributed by atoms with E-state index >= 15 is 0 Å². The van der Waals surface area contributed by atoms with Crippen LogP contribution in [0.25, 0.3) is 0 Å². The Labute approximate surface area is 102 Å². The Morgan fingerprint density at radius 3 is 2.94 bits per heavy atom. The molecule has 0 saturated heterocycles. The molecule has 1 amide bonds. The van der Waals surface area contributed by atoms with Gasteiger partial charge in [0.2, 0.25) is 0 Å². The Bertz CT molecular complexity index is 448. The number of nitrogen functional groups attached to an aromatic ring is 1. The number of nitrogens with zero attached hydrogens (tertiary/aromatic N) is 1. The first kappa shape index (κ1) is 11.3. The van der Waals surface area contributed by atoms with E-state index in [2.05, 4.69) is 15.9 Å². The second-order valence-corrected chi connectivity index (χ2v) is 4.85. The number of hydrogen-bond donors (Lipinski definition) is 2.